The zero-order valence-corrected chi connectivity index (χ0v) is 14.3. The molecular weight excluding hydrogens is 320 g/mol. The van der Waals surface area contributed by atoms with Gasteiger partial charge in [0.1, 0.15) is 11.1 Å². The molecule has 0 radical (unpaired) electrons. The van der Waals surface area contributed by atoms with Crippen molar-refractivity contribution in [2.75, 3.05) is 0 Å². The van der Waals surface area contributed by atoms with Crippen molar-refractivity contribution in [3.8, 4) is 22.5 Å². The lowest BCUT2D eigenvalue weighted by Gasteiger charge is -2.05. The van der Waals surface area contributed by atoms with Gasteiger partial charge in [0, 0.05) is 10.9 Å². The Bertz CT molecular complexity index is 1220. The van der Waals surface area contributed by atoms with E-state index in [1.807, 2.05) is 49.4 Å². The van der Waals surface area contributed by atoms with Crippen molar-refractivity contribution in [1.29, 1.82) is 0 Å². The van der Waals surface area contributed by atoms with Gasteiger partial charge in [-0.2, -0.15) is 0 Å². The van der Waals surface area contributed by atoms with Crippen LogP contribution in [0.3, 0.4) is 0 Å². The summed E-state index contributed by atoms with van der Waals surface area (Å²) in [5.41, 5.74) is 6.71. The molecule has 26 heavy (non-hydrogen) atoms. The summed E-state index contributed by atoms with van der Waals surface area (Å²) in [6, 6.07) is 26.7. The van der Waals surface area contributed by atoms with E-state index in [0.29, 0.717) is 0 Å². The van der Waals surface area contributed by atoms with Gasteiger partial charge in [0.2, 0.25) is 0 Å². The summed E-state index contributed by atoms with van der Waals surface area (Å²) in [6.45, 7) is 1.97. The molecule has 5 aromatic rings. The van der Waals surface area contributed by atoms with Gasteiger partial charge >= 0.3 is 0 Å². The number of hydrogen-bond acceptors (Lipinski definition) is 3. The summed E-state index contributed by atoms with van der Waals surface area (Å²) < 4.78 is 5.93. The summed E-state index contributed by atoms with van der Waals surface area (Å²) in [4.78, 5) is 9.46. The molecule has 0 spiro atoms. The molecule has 0 N–H and O–H groups in total. The highest BCUT2D eigenvalue weighted by molar-refractivity contribution is 6.03. The lowest BCUT2D eigenvalue weighted by Crippen LogP contribution is -1.92. The normalized spacial score (nSPS) is 11.3. The Kier molecular flexibility index (Phi) is 3.32. The van der Waals surface area contributed by atoms with E-state index in [9.17, 15) is 0 Å². The number of aryl methyl sites for hydroxylation is 1. The van der Waals surface area contributed by atoms with Crippen molar-refractivity contribution in [3.05, 3.63) is 84.6 Å². The number of fused-ring (bicyclic) bond motifs is 3. The predicted octanol–water partition coefficient (Wildman–Crippen LogP) is 6.02. The summed E-state index contributed by atoms with van der Waals surface area (Å²) in [7, 11) is 0. The molecule has 0 aliphatic heterocycles. The number of furan rings is 1. The van der Waals surface area contributed by atoms with Crippen LogP contribution in [-0.2, 0) is 0 Å². The van der Waals surface area contributed by atoms with Gasteiger partial charge in [0.05, 0.1) is 5.69 Å². The average molecular weight is 336 g/mol. The monoisotopic (exact) mass is 336 g/mol. The Morgan fingerprint density at radius 3 is 2.12 bits per heavy atom. The van der Waals surface area contributed by atoms with E-state index >= 15 is 0 Å². The van der Waals surface area contributed by atoms with Crippen molar-refractivity contribution >= 4 is 22.1 Å². The molecule has 0 fully saturated rings. The largest absolute Gasteiger partial charge is 0.452 e. The van der Waals surface area contributed by atoms with Gasteiger partial charge in [-0.15, -0.1) is 0 Å². The Balaban J connectivity index is 1.63. The molecule has 0 aliphatic carbocycles. The zero-order valence-electron chi connectivity index (χ0n) is 14.3. The second-order valence-electron chi connectivity index (χ2n) is 6.35. The van der Waals surface area contributed by atoms with Crippen LogP contribution in [0.2, 0.25) is 0 Å². The van der Waals surface area contributed by atoms with Gasteiger partial charge in [-0.3, -0.25) is 0 Å². The molecule has 2 heterocycles. The van der Waals surface area contributed by atoms with Crippen LogP contribution in [0.15, 0.2) is 83.3 Å². The summed E-state index contributed by atoms with van der Waals surface area (Å²) in [5, 5.41) is 1.02. The number of rotatable bonds is 2. The lowest BCUT2D eigenvalue weighted by molar-refractivity contribution is 0.661. The highest BCUT2D eigenvalue weighted by Crippen LogP contribution is 2.31. The van der Waals surface area contributed by atoms with Crippen molar-refractivity contribution in [2.24, 2.45) is 0 Å². The van der Waals surface area contributed by atoms with Crippen molar-refractivity contribution in [1.82, 2.24) is 9.97 Å². The van der Waals surface area contributed by atoms with Crippen molar-refractivity contribution in [3.63, 3.8) is 0 Å². The SMILES string of the molecule is Cc1nc(-c2ccc(-c3ccccc3)cc2)nc2c1oc1ccccc12. The quantitative estimate of drug-likeness (QED) is 0.396. The molecule has 0 amide bonds. The smallest absolute Gasteiger partial charge is 0.175 e. The first-order valence-corrected chi connectivity index (χ1v) is 8.61. The molecule has 0 unspecified atom stereocenters. The third-order valence-corrected chi connectivity index (χ3v) is 4.64. The Labute approximate surface area is 151 Å². The fourth-order valence-electron chi connectivity index (χ4n) is 3.30. The highest BCUT2D eigenvalue weighted by atomic mass is 16.3. The van der Waals surface area contributed by atoms with E-state index in [1.54, 1.807) is 0 Å². The first kappa shape index (κ1) is 14.8. The second-order valence-corrected chi connectivity index (χ2v) is 6.35. The average Bonchev–Trinajstić information content (AvgIpc) is 3.08. The van der Waals surface area contributed by atoms with Crippen LogP contribution in [0.1, 0.15) is 5.69 Å². The number of para-hydroxylation sites is 1. The number of benzene rings is 3. The summed E-state index contributed by atoms with van der Waals surface area (Å²) in [6.07, 6.45) is 0. The van der Waals surface area contributed by atoms with Gasteiger partial charge in [-0.05, 0) is 30.2 Å². The molecule has 3 nitrogen and oxygen atoms in total. The second kappa shape index (κ2) is 5.81. The minimum Gasteiger partial charge on any atom is -0.452 e. The fraction of sp³-hybridized carbons (Fsp3) is 0.0435. The standard InChI is InChI=1S/C23H16N2O/c1-15-22-21(19-9-5-6-10-20(19)26-22)25-23(24-15)18-13-11-17(12-14-18)16-7-3-2-4-8-16/h2-14H,1H3. The van der Waals surface area contributed by atoms with Crippen LogP contribution in [0, 0.1) is 6.92 Å². The van der Waals surface area contributed by atoms with Gasteiger partial charge in [0.15, 0.2) is 11.4 Å². The molecular formula is C23H16N2O. The molecule has 124 valence electrons. The van der Waals surface area contributed by atoms with Gasteiger partial charge in [-0.1, -0.05) is 66.7 Å². The van der Waals surface area contributed by atoms with Crippen LogP contribution < -0.4 is 0 Å². The Hall–Kier alpha value is -3.46. The number of nitrogens with zero attached hydrogens (tertiary/aromatic N) is 2. The fourth-order valence-corrected chi connectivity index (χ4v) is 3.30. The Morgan fingerprint density at radius 2 is 1.31 bits per heavy atom. The third kappa shape index (κ3) is 2.37. The molecule has 0 aliphatic rings. The molecule has 0 atom stereocenters. The van der Waals surface area contributed by atoms with Crippen LogP contribution in [0.5, 0.6) is 0 Å². The molecule has 0 saturated heterocycles. The van der Waals surface area contributed by atoms with Crippen LogP contribution in [0.25, 0.3) is 44.6 Å². The maximum absolute atomic E-state index is 5.93. The maximum Gasteiger partial charge on any atom is 0.175 e. The van der Waals surface area contributed by atoms with Gasteiger partial charge in [0.25, 0.3) is 0 Å². The van der Waals surface area contributed by atoms with Crippen LogP contribution in [0.4, 0.5) is 0 Å². The van der Waals surface area contributed by atoms with E-state index in [1.165, 1.54) is 11.1 Å². The molecule has 0 bridgehead atoms. The lowest BCUT2D eigenvalue weighted by atomic mass is 10.0. The zero-order chi connectivity index (χ0) is 17.5. The summed E-state index contributed by atoms with van der Waals surface area (Å²) >= 11 is 0. The number of hydrogen-bond donors (Lipinski definition) is 0. The van der Waals surface area contributed by atoms with Gasteiger partial charge < -0.3 is 4.42 Å². The maximum atomic E-state index is 5.93. The van der Waals surface area contributed by atoms with Crippen LogP contribution in [-0.4, -0.2) is 9.97 Å². The van der Waals surface area contributed by atoms with E-state index < -0.39 is 0 Å². The predicted molar refractivity (Wildman–Crippen MR) is 105 cm³/mol. The third-order valence-electron chi connectivity index (χ3n) is 4.64. The van der Waals surface area contributed by atoms with E-state index in [0.717, 1.165) is 39.2 Å². The minimum absolute atomic E-state index is 0.723. The first-order chi connectivity index (χ1) is 12.8. The van der Waals surface area contributed by atoms with E-state index in [4.69, 9.17) is 9.40 Å². The van der Waals surface area contributed by atoms with Crippen LogP contribution >= 0.6 is 0 Å². The first-order valence-electron chi connectivity index (χ1n) is 8.61. The summed E-state index contributed by atoms with van der Waals surface area (Å²) in [5.74, 6) is 0.723. The van der Waals surface area contributed by atoms with Crippen molar-refractivity contribution in [2.45, 2.75) is 6.92 Å². The molecule has 0 saturated carbocycles. The Morgan fingerprint density at radius 1 is 0.654 bits per heavy atom. The molecule has 3 heteroatoms. The van der Waals surface area contributed by atoms with E-state index in [2.05, 4.69) is 41.4 Å². The molecule has 3 aromatic carbocycles. The highest BCUT2D eigenvalue weighted by Gasteiger charge is 2.14. The van der Waals surface area contributed by atoms with Crippen molar-refractivity contribution < 1.29 is 4.42 Å². The minimum atomic E-state index is 0.723. The van der Waals surface area contributed by atoms with Gasteiger partial charge in [-0.25, -0.2) is 9.97 Å². The molecule has 2 aromatic heterocycles. The number of aromatic nitrogens is 2. The molecule has 5 rings (SSSR count). The topological polar surface area (TPSA) is 38.9 Å². The van der Waals surface area contributed by atoms with E-state index in [-0.39, 0.29) is 0 Å².